The Hall–Kier alpha value is -4.19. The second kappa shape index (κ2) is 9.58. The highest BCUT2D eigenvalue weighted by Crippen LogP contribution is 2.36. The van der Waals surface area contributed by atoms with Crippen LogP contribution in [0.2, 0.25) is 0 Å². The lowest BCUT2D eigenvalue weighted by Gasteiger charge is -2.25. The number of rotatable bonds is 7. The van der Waals surface area contributed by atoms with Crippen molar-refractivity contribution in [3.8, 4) is 11.5 Å². The van der Waals surface area contributed by atoms with E-state index in [4.69, 9.17) is 18.6 Å². The van der Waals surface area contributed by atoms with Gasteiger partial charge in [0.15, 0.2) is 16.3 Å². The summed E-state index contributed by atoms with van der Waals surface area (Å²) in [6.07, 6.45) is 1.41. The smallest absolute Gasteiger partial charge is 0.433 e. The number of hydrogen-bond acceptors (Lipinski definition) is 10. The Morgan fingerprint density at radius 3 is 2.63 bits per heavy atom. The molecule has 1 aliphatic heterocycles. The molecule has 0 fully saturated rings. The first kappa shape index (κ1) is 24.0. The number of allylic oxidation sites excluding steroid dienone is 1. The predicted octanol–water partition coefficient (Wildman–Crippen LogP) is 2.32. The SMILES string of the molecule is CCOC(=O)C1=C(C)N=c2s/c(=C/c3ccc([N+](=O)[O-])o3)c(=O)n2[C@H]1c1ccc(OC)c(OC)c1. The quantitative estimate of drug-likeness (QED) is 0.275. The average molecular weight is 500 g/mol. The van der Waals surface area contributed by atoms with Gasteiger partial charge in [0, 0.05) is 6.08 Å². The Morgan fingerprint density at radius 2 is 2.00 bits per heavy atom. The maximum atomic E-state index is 13.5. The van der Waals surface area contributed by atoms with E-state index in [1.807, 2.05) is 0 Å². The van der Waals surface area contributed by atoms with Crippen LogP contribution < -0.4 is 24.4 Å². The Balaban J connectivity index is 1.95. The molecule has 1 atom stereocenters. The maximum absolute atomic E-state index is 13.5. The van der Waals surface area contributed by atoms with Crippen molar-refractivity contribution in [2.24, 2.45) is 4.99 Å². The first-order valence-corrected chi connectivity index (χ1v) is 11.3. The van der Waals surface area contributed by atoms with Crippen molar-refractivity contribution in [3.63, 3.8) is 0 Å². The topological polar surface area (TPSA) is 135 Å². The first-order chi connectivity index (χ1) is 16.8. The number of esters is 1. The molecule has 0 amide bonds. The number of nitrogens with zero attached hydrogens (tertiary/aromatic N) is 3. The van der Waals surface area contributed by atoms with Crippen LogP contribution in [0, 0.1) is 10.1 Å². The highest BCUT2D eigenvalue weighted by atomic mass is 32.1. The predicted molar refractivity (Wildman–Crippen MR) is 125 cm³/mol. The number of fused-ring (bicyclic) bond motifs is 1. The fourth-order valence-corrected chi connectivity index (χ4v) is 4.80. The fraction of sp³-hybridized carbons (Fsp3) is 0.261. The highest BCUT2D eigenvalue weighted by Gasteiger charge is 2.34. The molecule has 4 rings (SSSR count). The van der Waals surface area contributed by atoms with E-state index in [0.29, 0.717) is 27.6 Å². The lowest BCUT2D eigenvalue weighted by Crippen LogP contribution is -2.39. The molecule has 0 N–H and O–H groups in total. The molecule has 11 nitrogen and oxygen atoms in total. The van der Waals surface area contributed by atoms with E-state index in [9.17, 15) is 19.7 Å². The molecule has 0 bridgehead atoms. The molecule has 1 aromatic carbocycles. The van der Waals surface area contributed by atoms with Gasteiger partial charge < -0.3 is 18.6 Å². The normalized spacial score (nSPS) is 15.4. The van der Waals surface area contributed by atoms with E-state index in [2.05, 4.69) is 4.99 Å². The van der Waals surface area contributed by atoms with Crippen molar-refractivity contribution in [2.75, 3.05) is 20.8 Å². The summed E-state index contributed by atoms with van der Waals surface area (Å²) in [5.74, 6) is 0.0254. The van der Waals surface area contributed by atoms with E-state index < -0.39 is 28.4 Å². The number of nitro groups is 1. The Bertz CT molecular complexity index is 1530. The van der Waals surface area contributed by atoms with E-state index in [1.165, 1.54) is 37.0 Å². The summed E-state index contributed by atoms with van der Waals surface area (Å²) in [6, 6.07) is 6.86. The van der Waals surface area contributed by atoms with Crippen molar-refractivity contribution in [2.45, 2.75) is 19.9 Å². The van der Waals surface area contributed by atoms with Crippen LogP contribution in [0.25, 0.3) is 6.08 Å². The number of methoxy groups -OCH3 is 2. The third-order valence-corrected chi connectivity index (χ3v) is 6.29. The molecule has 0 radical (unpaired) electrons. The van der Waals surface area contributed by atoms with Gasteiger partial charge in [-0.1, -0.05) is 17.4 Å². The van der Waals surface area contributed by atoms with Crippen LogP contribution in [-0.4, -0.2) is 36.3 Å². The molecule has 182 valence electrons. The first-order valence-electron chi connectivity index (χ1n) is 10.4. The summed E-state index contributed by atoms with van der Waals surface area (Å²) in [5, 5.41) is 10.9. The van der Waals surface area contributed by atoms with Gasteiger partial charge in [-0.05, 0) is 37.6 Å². The third kappa shape index (κ3) is 4.35. The molecule has 35 heavy (non-hydrogen) atoms. The minimum absolute atomic E-state index is 0.144. The molecule has 1 aliphatic rings. The van der Waals surface area contributed by atoms with E-state index >= 15 is 0 Å². The molecule has 0 unspecified atom stereocenters. The maximum Gasteiger partial charge on any atom is 0.433 e. The molecule has 0 saturated carbocycles. The monoisotopic (exact) mass is 499 g/mol. The number of hydrogen-bond donors (Lipinski definition) is 0. The van der Waals surface area contributed by atoms with Crippen LogP contribution in [0.1, 0.15) is 31.2 Å². The Kier molecular flexibility index (Phi) is 6.56. The second-order valence-electron chi connectivity index (χ2n) is 7.35. The van der Waals surface area contributed by atoms with E-state index in [-0.39, 0.29) is 22.5 Å². The van der Waals surface area contributed by atoms with Gasteiger partial charge in [-0.15, -0.1) is 0 Å². The van der Waals surface area contributed by atoms with Crippen molar-refractivity contribution in [1.29, 1.82) is 0 Å². The molecule has 3 aromatic rings. The summed E-state index contributed by atoms with van der Waals surface area (Å²) in [7, 11) is 3.00. The molecule has 3 heterocycles. The largest absolute Gasteiger partial charge is 0.493 e. The number of ether oxygens (including phenoxy) is 3. The Morgan fingerprint density at radius 1 is 1.26 bits per heavy atom. The fourth-order valence-electron chi connectivity index (χ4n) is 3.78. The van der Waals surface area contributed by atoms with Gasteiger partial charge in [0.1, 0.15) is 10.7 Å². The number of carbonyl (C=O) groups is 1. The van der Waals surface area contributed by atoms with Crippen molar-refractivity contribution in [3.05, 3.63) is 82.7 Å². The summed E-state index contributed by atoms with van der Waals surface area (Å²) >= 11 is 1.08. The molecular weight excluding hydrogens is 478 g/mol. The minimum Gasteiger partial charge on any atom is -0.493 e. The average Bonchev–Trinajstić information content (AvgIpc) is 3.42. The Labute approximate surface area is 202 Å². The van der Waals surface area contributed by atoms with Crippen LogP contribution >= 0.6 is 11.3 Å². The summed E-state index contributed by atoms with van der Waals surface area (Å²) in [4.78, 5) is 41.6. The lowest BCUT2D eigenvalue weighted by atomic mass is 9.95. The highest BCUT2D eigenvalue weighted by molar-refractivity contribution is 7.07. The molecular formula is C23H21N3O8S. The molecule has 0 aliphatic carbocycles. The number of thiazole rings is 1. The molecule has 2 aromatic heterocycles. The number of furan rings is 1. The van der Waals surface area contributed by atoms with E-state index in [0.717, 1.165) is 11.3 Å². The standard InChI is InChI=1S/C23H21N3O8S/c1-5-33-22(28)19-12(2)24-23-25(20(19)13-6-8-15(31-3)16(10-13)32-4)21(27)17(35-23)11-14-7-9-18(34-14)26(29)30/h6-11,20H,5H2,1-4H3/b17-11+/t20-/m0/s1. The van der Waals surface area contributed by atoms with Gasteiger partial charge in [0.2, 0.25) is 0 Å². The van der Waals surface area contributed by atoms with Crippen LogP contribution in [0.3, 0.4) is 0 Å². The lowest BCUT2D eigenvalue weighted by molar-refractivity contribution is -0.402. The van der Waals surface area contributed by atoms with Gasteiger partial charge in [-0.25, -0.2) is 9.79 Å². The molecule has 0 spiro atoms. The van der Waals surface area contributed by atoms with Gasteiger partial charge >= 0.3 is 11.9 Å². The zero-order valence-electron chi connectivity index (χ0n) is 19.3. The second-order valence-corrected chi connectivity index (χ2v) is 8.36. The van der Waals surface area contributed by atoms with Gasteiger partial charge in [0.25, 0.3) is 5.56 Å². The van der Waals surface area contributed by atoms with Crippen LogP contribution in [0.15, 0.2) is 55.8 Å². The van der Waals surface area contributed by atoms with Crippen molar-refractivity contribution >= 4 is 29.3 Å². The number of benzene rings is 1. The van der Waals surface area contributed by atoms with Crippen molar-refractivity contribution in [1.82, 2.24) is 4.57 Å². The zero-order chi connectivity index (χ0) is 25.3. The summed E-state index contributed by atoms with van der Waals surface area (Å²) < 4.78 is 22.8. The van der Waals surface area contributed by atoms with Gasteiger partial charge in [-0.3, -0.25) is 19.5 Å². The van der Waals surface area contributed by atoms with Crippen molar-refractivity contribution < 1.29 is 28.3 Å². The molecule has 12 heteroatoms. The van der Waals surface area contributed by atoms with E-state index in [1.54, 1.807) is 32.0 Å². The van der Waals surface area contributed by atoms with Gasteiger partial charge in [-0.2, -0.15) is 0 Å². The zero-order valence-corrected chi connectivity index (χ0v) is 20.1. The van der Waals surface area contributed by atoms with Crippen LogP contribution in [0.5, 0.6) is 11.5 Å². The minimum atomic E-state index is -0.849. The molecule has 0 saturated heterocycles. The van der Waals surface area contributed by atoms with Gasteiger partial charge in [0.05, 0.1) is 48.7 Å². The van der Waals surface area contributed by atoms with Crippen LogP contribution in [-0.2, 0) is 9.53 Å². The summed E-state index contributed by atoms with van der Waals surface area (Å²) in [5.41, 5.74) is 0.763. The van der Waals surface area contributed by atoms with Crippen LogP contribution in [0.4, 0.5) is 5.88 Å². The summed E-state index contributed by atoms with van der Waals surface area (Å²) in [6.45, 7) is 3.51. The number of aromatic nitrogens is 1. The number of carbonyl (C=O) groups excluding carboxylic acids is 1. The third-order valence-electron chi connectivity index (χ3n) is 5.31.